The maximum Gasteiger partial charge on any atom is 0.0976 e. The zero-order chi connectivity index (χ0) is 13.8. The second-order valence-corrected chi connectivity index (χ2v) is 5.07. The van der Waals surface area contributed by atoms with E-state index in [4.69, 9.17) is 11.6 Å². The zero-order valence-electron chi connectivity index (χ0n) is 11.2. The Morgan fingerprint density at radius 2 is 1.84 bits per heavy atom. The SMILES string of the molecule is Cc1cccc(NCC(O)c2ccccc2Cl)c1C. The quantitative estimate of drug-likeness (QED) is 0.880. The third-order valence-corrected chi connectivity index (χ3v) is 3.70. The molecule has 2 nitrogen and oxygen atoms in total. The van der Waals surface area contributed by atoms with Crippen molar-refractivity contribution in [3.05, 3.63) is 64.2 Å². The Morgan fingerprint density at radius 3 is 2.58 bits per heavy atom. The molecule has 3 heteroatoms. The fourth-order valence-corrected chi connectivity index (χ4v) is 2.27. The largest absolute Gasteiger partial charge is 0.387 e. The van der Waals surface area contributed by atoms with E-state index in [0.717, 1.165) is 11.3 Å². The monoisotopic (exact) mass is 275 g/mol. The van der Waals surface area contributed by atoms with Crippen molar-refractivity contribution in [2.75, 3.05) is 11.9 Å². The average molecular weight is 276 g/mol. The highest BCUT2D eigenvalue weighted by molar-refractivity contribution is 6.31. The lowest BCUT2D eigenvalue weighted by molar-refractivity contribution is 0.191. The van der Waals surface area contributed by atoms with Crippen LogP contribution in [0.3, 0.4) is 0 Å². The zero-order valence-corrected chi connectivity index (χ0v) is 11.9. The predicted molar refractivity (Wildman–Crippen MR) is 80.8 cm³/mol. The van der Waals surface area contributed by atoms with Gasteiger partial charge in [0.2, 0.25) is 0 Å². The van der Waals surface area contributed by atoms with Crippen LogP contribution in [0.4, 0.5) is 5.69 Å². The van der Waals surface area contributed by atoms with Crippen molar-refractivity contribution in [1.29, 1.82) is 0 Å². The van der Waals surface area contributed by atoms with Crippen LogP contribution in [0, 0.1) is 13.8 Å². The van der Waals surface area contributed by atoms with E-state index in [2.05, 4.69) is 25.2 Å². The van der Waals surface area contributed by atoms with Crippen molar-refractivity contribution in [1.82, 2.24) is 0 Å². The normalized spacial score (nSPS) is 12.2. The first-order valence-corrected chi connectivity index (χ1v) is 6.70. The van der Waals surface area contributed by atoms with Crippen LogP contribution in [0.2, 0.25) is 5.02 Å². The highest BCUT2D eigenvalue weighted by atomic mass is 35.5. The molecule has 2 N–H and O–H groups in total. The van der Waals surface area contributed by atoms with Crippen LogP contribution < -0.4 is 5.32 Å². The van der Waals surface area contributed by atoms with Crippen LogP contribution >= 0.6 is 11.6 Å². The van der Waals surface area contributed by atoms with Crippen LogP contribution in [-0.2, 0) is 0 Å². The standard InChI is InChI=1S/C16H18ClNO/c1-11-6-5-9-15(12(11)2)18-10-16(19)13-7-3-4-8-14(13)17/h3-9,16,18-19H,10H2,1-2H3. The summed E-state index contributed by atoms with van der Waals surface area (Å²) in [6.45, 7) is 4.58. The highest BCUT2D eigenvalue weighted by Gasteiger charge is 2.11. The van der Waals surface area contributed by atoms with Crippen molar-refractivity contribution in [3.63, 3.8) is 0 Å². The average Bonchev–Trinajstić information content (AvgIpc) is 2.40. The van der Waals surface area contributed by atoms with E-state index in [1.807, 2.05) is 30.3 Å². The lowest BCUT2D eigenvalue weighted by atomic mass is 10.1. The topological polar surface area (TPSA) is 32.3 Å². The number of nitrogens with one attached hydrogen (secondary N) is 1. The van der Waals surface area contributed by atoms with Gasteiger partial charge in [-0.15, -0.1) is 0 Å². The Labute approximate surface area is 119 Å². The number of halogens is 1. The molecule has 0 heterocycles. The van der Waals surface area contributed by atoms with E-state index >= 15 is 0 Å². The molecule has 2 aromatic rings. The van der Waals surface area contributed by atoms with E-state index in [9.17, 15) is 5.11 Å². The second kappa shape index (κ2) is 6.09. The molecule has 0 radical (unpaired) electrons. The second-order valence-electron chi connectivity index (χ2n) is 4.67. The molecule has 0 aromatic heterocycles. The van der Waals surface area contributed by atoms with Gasteiger partial charge in [-0.1, -0.05) is 41.9 Å². The Balaban J connectivity index is 2.07. The van der Waals surface area contributed by atoms with Gasteiger partial charge in [-0.3, -0.25) is 0 Å². The van der Waals surface area contributed by atoms with E-state index in [1.54, 1.807) is 6.07 Å². The molecule has 1 unspecified atom stereocenters. The summed E-state index contributed by atoms with van der Waals surface area (Å²) < 4.78 is 0. The molecule has 19 heavy (non-hydrogen) atoms. The molecule has 0 saturated heterocycles. The third-order valence-electron chi connectivity index (χ3n) is 3.35. The number of rotatable bonds is 4. The van der Waals surface area contributed by atoms with Gasteiger partial charge in [0.25, 0.3) is 0 Å². The molecule has 0 saturated carbocycles. The van der Waals surface area contributed by atoms with Gasteiger partial charge in [-0.25, -0.2) is 0 Å². The molecule has 0 spiro atoms. The number of hydrogen-bond acceptors (Lipinski definition) is 2. The van der Waals surface area contributed by atoms with Crippen molar-refractivity contribution in [2.24, 2.45) is 0 Å². The summed E-state index contributed by atoms with van der Waals surface area (Å²) in [6.07, 6.45) is -0.617. The predicted octanol–water partition coefficient (Wildman–Crippen LogP) is 4.10. The van der Waals surface area contributed by atoms with Gasteiger partial charge < -0.3 is 10.4 Å². The highest BCUT2D eigenvalue weighted by Crippen LogP contribution is 2.24. The van der Waals surface area contributed by atoms with Crippen molar-refractivity contribution in [2.45, 2.75) is 20.0 Å². The first-order valence-electron chi connectivity index (χ1n) is 6.32. The summed E-state index contributed by atoms with van der Waals surface area (Å²) in [7, 11) is 0. The molecule has 0 amide bonds. The number of aliphatic hydroxyl groups is 1. The molecule has 0 bridgehead atoms. The maximum absolute atomic E-state index is 10.2. The molecule has 0 aliphatic rings. The van der Waals surface area contributed by atoms with Crippen LogP contribution in [-0.4, -0.2) is 11.7 Å². The number of aliphatic hydroxyl groups excluding tert-OH is 1. The Kier molecular flexibility index (Phi) is 4.46. The smallest absolute Gasteiger partial charge is 0.0976 e. The number of benzene rings is 2. The van der Waals surface area contributed by atoms with Gasteiger partial charge in [-0.2, -0.15) is 0 Å². The number of aryl methyl sites for hydroxylation is 1. The minimum Gasteiger partial charge on any atom is -0.387 e. The maximum atomic E-state index is 10.2. The summed E-state index contributed by atoms with van der Waals surface area (Å²) in [6, 6.07) is 13.5. The molecule has 0 fully saturated rings. The Bertz CT molecular complexity index is 568. The van der Waals surface area contributed by atoms with Gasteiger partial charge >= 0.3 is 0 Å². The lowest BCUT2D eigenvalue weighted by Crippen LogP contribution is -2.13. The molecule has 2 rings (SSSR count). The summed E-state index contributed by atoms with van der Waals surface area (Å²) in [5.41, 5.74) is 4.24. The molecule has 0 aliphatic carbocycles. The number of hydrogen-bond donors (Lipinski definition) is 2. The molecule has 100 valence electrons. The molecular formula is C16H18ClNO. The summed E-state index contributed by atoms with van der Waals surface area (Å²) in [5, 5.41) is 14.0. The number of anilines is 1. The Morgan fingerprint density at radius 1 is 1.11 bits per heavy atom. The minimum atomic E-state index is -0.617. The van der Waals surface area contributed by atoms with Gasteiger partial charge in [0.1, 0.15) is 0 Å². The molecule has 1 atom stereocenters. The van der Waals surface area contributed by atoms with Crippen LogP contribution in [0.5, 0.6) is 0 Å². The Hall–Kier alpha value is -1.51. The van der Waals surface area contributed by atoms with Crippen molar-refractivity contribution in [3.8, 4) is 0 Å². The fourth-order valence-electron chi connectivity index (χ4n) is 2.00. The first-order chi connectivity index (χ1) is 9.09. The fraction of sp³-hybridized carbons (Fsp3) is 0.250. The van der Waals surface area contributed by atoms with E-state index < -0.39 is 6.10 Å². The third kappa shape index (κ3) is 3.28. The van der Waals surface area contributed by atoms with Gasteiger partial charge in [0.15, 0.2) is 0 Å². The summed E-state index contributed by atoms with van der Waals surface area (Å²) in [5.74, 6) is 0. The summed E-state index contributed by atoms with van der Waals surface area (Å²) >= 11 is 6.07. The first kappa shape index (κ1) is 13.9. The van der Waals surface area contributed by atoms with E-state index in [-0.39, 0.29) is 0 Å². The molecular weight excluding hydrogens is 258 g/mol. The van der Waals surface area contributed by atoms with Gasteiger partial charge in [-0.05, 0) is 37.1 Å². The van der Waals surface area contributed by atoms with E-state index in [0.29, 0.717) is 11.6 Å². The van der Waals surface area contributed by atoms with Gasteiger partial charge in [0.05, 0.1) is 6.10 Å². The van der Waals surface area contributed by atoms with E-state index in [1.165, 1.54) is 11.1 Å². The van der Waals surface area contributed by atoms with Gasteiger partial charge in [0, 0.05) is 22.8 Å². The van der Waals surface area contributed by atoms with Crippen LogP contribution in [0.25, 0.3) is 0 Å². The minimum absolute atomic E-state index is 0.439. The van der Waals surface area contributed by atoms with Crippen molar-refractivity contribution < 1.29 is 5.11 Å². The molecule has 0 aliphatic heterocycles. The summed E-state index contributed by atoms with van der Waals surface area (Å²) in [4.78, 5) is 0. The van der Waals surface area contributed by atoms with Crippen LogP contribution in [0.15, 0.2) is 42.5 Å². The van der Waals surface area contributed by atoms with Crippen LogP contribution in [0.1, 0.15) is 22.8 Å². The van der Waals surface area contributed by atoms with Crippen molar-refractivity contribution >= 4 is 17.3 Å². The lowest BCUT2D eigenvalue weighted by Gasteiger charge is -2.16. The molecule has 2 aromatic carbocycles.